The SMILES string of the molecule is CCCNc1nc(C)cc(-c2ccccc2Cl)n1. The van der Waals surface area contributed by atoms with E-state index in [0.29, 0.717) is 11.0 Å². The summed E-state index contributed by atoms with van der Waals surface area (Å²) in [7, 11) is 0. The van der Waals surface area contributed by atoms with Gasteiger partial charge in [-0.1, -0.05) is 36.7 Å². The van der Waals surface area contributed by atoms with Crippen molar-refractivity contribution < 1.29 is 0 Å². The Balaban J connectivity index is 2.39. The van der Waals surface area contributed by atoms with Gasteiger partial charge in [0.25, 0.3) is 0 Å². The molecule has 1 heterocycles. The van der Waals surface area contributed by atoms with Crippen LogP contribution in [-0.4, -0.2) is 16.5 Å². The smallest absolute Gasteiger partial charge is 0.223 e. The highest BCUT2D eigenvalue weighted by Crippen LogP contribution is 2.26. The van der Waals surface area contributed by atoms with E-state index in [9.17, 15) is 0 Å². The molecule has 0 radical (unpaired) electrons. The molecule has 0 saturated heterocycles. The fourth-order valence-electron chi connectivity index (χ4n) is 1.69. The third kappa shape index (κ3) is 2.99. The first-order chi connectivity index (χ1) is 8.70. The summed E-state index contributed by atoms with van der Waals surface area (Å²) in [6, 6.07) is 9.65. The van der Waals surface area contributed by atoms with Crippen molar-refractivity contribution in [3.8, 4) is 11.3 Å². The molecule has 0 aliphatic carbocycles. The van der Waals surface area contributed by atoms with Crippen molar-refractivity contribution in [1.82, 2.24) is 9.97 Å². The molecule has 94 valence electrons. The first-order valence-corrected chi connectivity index (χ1v) is 6.43. The minimum Gasteiger partial charge on any atom is -0.354 e. The van der Waals surface area contributed by atoms with Gasteiger partial charge in [-0.05, 0) is 25.5 Å². The number of hydrogen-bond acceptors (Lipinski definition) is 3. The van der Waals surface area contributed by atoms with Gasteiger partial charge in [-0.15, -0.1) is 0 Å². The van der Waals surface area contributed by atoms with Crippen LogP contribution in [-0.2, 0) is 0 Å². The number of rotatable bonds is 4. The van der Waals surface area contributed by atoms with Crippen LogP contribution in [0.3, 0.4) is 0 Å². The minimum absolute atomic E-state index is 0.659. The number of anilines is 1. The van der Waals surface area contributed by atoms with Gasteiger partial charge in [-0.25, -0.2) is 9.97 Å². The highest BCUT2D eigenvalue weighted by Gasteiger charge is 2.07. The summed E-state index contributed by atoms with van der Waals surface area (Å²) in [5.74, 6) is 0.659. The Bertz CT molecular complexity index is 540. The molecule has 1 aromatic heterocycles. The molecule has 2 aromatic rings. The van der Waals surface area contributed by atoms with Gasteiger partial charge in [0.2, 0.25) is 5.95 Å². The van der Waals surface area contributed by atoms with Crippen LogP contribution in [0.2, 0.25) is 5.02 Å². The molecule has 3 nitrogen and oxygen atoms in total. The van der Waals surface area contributed by atoms with Crippen molar-refractivity contribution in [2.24, 2.45) is 0 Å². The van der Waals surface area contributed by atoms with Crippen LogP contribution < -0.4 is 5.32 Å². The predicted octanol–water partition coefficient (Wildman–Crippen LogP) is 3.93. The summed E-state index contributed by atoms with van der Waals surface area (Å²) in [6.07, 6.45) is 1.04. The van der Waals surface area contributed by atoms with E-state index in [4.69, 9.17) is 11.6 Å². The number of aromatic nitrogens is 2. The van der Waals surface area contributed by atoms with Crippen LogP contribution in [0.5, 0.6) is 0 Å². The molecule has 0 saturated carbocycles. The molecule has 0 aliphatic rings. The molecule has 1 aromatic carbocycles. The minimum atomic E-state index is 0.659. The second-order valence-electron chi connectivity index (χ2n) is 4.12. The van der Waals surface area contributed by atoms with Crippen LogP contribution in [0, 0.1) is 6.92 Å². The Morgan fingerprint density at radius 1 is 1.22 bits per heavy atom. The molecule has 0 fully saturated rings. The van der Waals surface area contributed by atoms with Crippen LogP contribution >= 0.6 is 11.6 Å². The molecule has 0 amide bonds. The molecule has 0 unspecified atom stereocenters. The van der Waals surface area contributed by atoms with Crippen molar-refractivity contribution in [2.45, 2.75) is 20.3 Å². The van der Waals surface area contributed by atoms with E-state index < -0.39 is 0 Å². The average molecular weight is 262 g/mol. The zero-order valence-corrected chi connectivity index (χ0v) is 11.3. The standard InChI is InChI=1S/C14H16ClN3/c1-3-8-16-14-17-10(2)9-13(18-14)11-6-4-5-7-12(11)15/h4-7,9H,3,8H2,1-2H3,(H,16,17,18). The lowest BCUT2D eigenvalue weighted by Gasteiger charge is -2.08. The van der Waals surface area contributed by atoms with Crippen molar-refractivity contribution in [3.63, 3.8) is 0 Å². The van der Waals surface area contributed by atoms with Gasteiger partial charge >= 0.3 is 0 Å². The maximum atomic E-state index is 6.19. The fourth-order valence-corrected chi connectivity index (χ4v) is 1.92. The van der Waals surface area contributed by atoms with E-state index in [0.717, 1.165) is 29.9 Å². The van der Waals surface area contributed by atoms with E-state index in [1.165, 1.54) is 0 Å². The molecule has 18 heavy (non-hydrogen) atoms. The fraction of sp³-hybridized carbons (Fsp3) is 0.286. The lowest BCUT2D eigenvalue weighted by molar-refractivity contribution is 0.947. The van der Waals surface area contributed by atoms with Crippen LogP contribution in [0.15, 0.2) is 30.3 Å². The molecule has 4 heteroatoms. The Hall–Kier alpha value is -1.61. The highest BCUT2D eigenvalue weighted by molar-refractivity contribution is 6.33. The van der Waals surface area contributed by atoms with Gasteiger partial charge in [-0.2, -0.15) is 0 Å². The number of aryl methyl sites for hydroxylation is 1. The van der Waals surface area contributed by atoms with Crippen molar-refractivity contribution in [1.29, 1.82) is 0 Å². The molecule has 1 N–H and O–H groups in total. The summed E-state index contributed by atoms with van der Waals surface area (Å²) in [5, 5.41) is 3.91. The molecule has 0 bridgehead atoms. The summed E-state index contributed by atoms with van der Waals surface area (Å²) in [4.78, 5) is 8.86. The number of hydrogen-bond donors (Lipinski definition) is 1. The number of benzene rings is 1. The summed E-state index contributed by atoms with van der Waals surface area (Å²) in [5.41, 5.74) is 2.72. The first-order valence-electron chi connectivity index (χ1n) is 6.05. The van der Waals surface area contributed by atoms with E-state index >= 15 is 0 Å². The van der Waals surface area contributed by atoms with Gasteiger partial charge in [0.05, 0.1) is 5.69 Å². The summed E-state index contributed by atoms with van der Waals surface area (Å²) < 4.78 is 0. The molecule has 0 spiro atoms. The Morgan fingerprint density at radius 3 is 2.72 bits per heavy atom. The van der Waals surface area contributed by atoms with Crippen LogP contribution in [0.4, 0.5) is 5.95 Å². The van der Waals surface area contributed by atoms with Crippen LogP contribution in [0.1, 0.15) is 19.0 Å². The van der Waals surface area contributed by atoms with Crippen LogP contribution in [0.25, 0.3) is 11.3 Å². The molecule has 2 rings (SSSR count). The van der Waals surface area contributed by atoms with Gasteiger partial charge in [-0.3, -0.25) is 0 Å². The normalized spacial score (nSPS) is 10.4. The Kier molecular flexibility index (Phi) is 4.15. The monoisotopic (exact) mass is 261 g/mol. The van der Waals surface area contributed by atoms with E-state index in [2.05, 4.69) is 22.2 Å². The molecular formula is C14H16ClN3. The highest BCUT2D eigenvalue weighted by atomic mass is 35.5. The second kappa shape index (κ2) is 5.83. The zero-order chi connectivity index (χ0) is 13.0. The summed E-state index contributed by atoms with van der Waals surface area (Å²) >= 11 is 6.19. The van der Waals surface area contributed by atoms with Gasteiger partial charge < -0.3 is 5.32 Å². The largest absolute Gasteiger partial charge is 0.354 e. The van der Waals surface area contributed by atoms with Crippen molar-refractivity contribution >= 4 is 17.5 Å². The summed E-state index contributed by atoms with van der Waals surface area (Å²) in [6.45, 7) is 4.93. The molecule has 0 aliphatic heterocycles. The Labute approximate surface area is 112 Å². The topological polar surface area (TPSA) is 37.8 Å². The van der Waals surface area contributed by atoms with Gasteiger partial charge in [0.15, 0.2) is 0 Å². The molecular weight excluding hydrogens is 246 g/mol. The maximum Gasteiger partial charge on any atom is 0.223 e. The zero-order valence-electron chi connectivity index (χ0n) is 10.6. The van der Waals surface area contributed by atoms with E-state index in [-0.39, 0.29) is 0 Å². The second-order valence-corrected chi connectivity index (χ2v) is 4.53. The van der Waals surface area contributed by atoms with E-state index in [1.54, 1.807) is 0 Å². The third-order valence-corrected chi connectivity index (χ3v) is 2.87. The Morgan fingerprint density at radius 2 is 2.00 bits per heavy atom. The quantitative estimate of drug-likeness (QED) is 0.906. The maximum absolute atomic E-state index is 6.19. The predicted molar refractivity (Wildman–Crippen MR) is 76.0 cm³/mol. The lowest BCUT2D eigenvalue weighted by Crippen LogP contribution is -2.05. The number of nitrogens with one attached hydrogen (secondary N) is 1. The van der Waals surface area contributed by atoms with Crippen molar-refractivity contribution in [3.05, 3.63) is 41.0 Å². The van der Waals surface area contributed by atoms with Gasteiger partial charge in [0, 0.05) is 22.8 Å². The average Bonchev–Trinajstić information content (AvgIpc) is 2.36. The van der Waals surface area contributed by atoms with Crippen molar-refractivity contribution in [2.75, 3.05) is 11.9 Å². The third-order valence-electron chi connectivity index (χ3n) is 2.54. The first kappa shape index (κ1) is 12.8. The number of nitrogens with zero attached hydrogens (tertiary/aromatic N) is 2. The number of halogens is 1. The molecule has 0 atom stereocenters. The van der Waals surface area contributed by atoms with Gasteiger partial charge in [0.1, 0.15) is 0 Å². The lowest BCUT2D eigenvalue weighted by atomic mass is 10.1. The van der Waals surface area contributed by atoms with E-state index in [1.807, 2.05) is 37.3 Å².